The van der Waals surface area contributed by atoms with Gasteiger partial charge in [-0.2, -0.15) is 0 Å². The highest BCUT2D eigenvalue weighted by Crippen LogP contribution is 2.25. The molecule has 1 aromatic rings. The van der Waals surface area contributed by atoms with Gasteiger partial charge in [0.15, 0.2) is 5.69 Å². The summed E-state index contributed by atoms with van der Waals surface area (Å²) in [4.78, 5) is 11.1. The summed E-state index contributed by atoms with van der Waals surface area (Å²) in [6.07, 6.45) is 2.25. The molecule has 17 heavy (non-hydrogen) atoms. The molecule has 0 aliphatic rings. The minimum Gasteiger partial charge on any atom is -0.476 e. The van der Waals surface area contributed by atoms with E-state index in [1.165, 1.54) is 0 Å². The molecule has 0 spiro atoms. The van der Waals surface area contributed by atoms with Crippen LogP contribution in [0, 0.1) is 0 Å². The lowest BCUT2D eigenvalue weighted by molar-refractivity contribution is 0.0688. The second-order valence-corrected chi connectivity index (χ2v) is 3.94. The molecule has 0 saturated heterocycles. The second kappa shape index (κ2) is 6.34. The first kappa shape index (κ1) is 13.6. The number of carboxylic acids is 1. The fourth-order valence-corrected chi connectivity index (χ4v) is 1.94. The highest BCUT2D eigenvalue weighted by molar-refractivity contribution is 5.86. The smallest absolute Gasteiger partial charge is 0.358 e. The normalized spacial score (nSPS) is 11.1. The first-order valence-corrected chi connectivity index (χ1v) is 5.93. The zero-order chi connectivity index (χ0) is 12.8. The number of carbonyl (C=O) groups is 1. The highest BCUT2D eigenvalue weighted by Gasteiger charge is 2.24. The predicted molar refractivity (Wildman–Crippen MR) is 62.0 cm³/mol. The Morgan fingerprint density at radius 2 is 2.06 bits per heavy atom. The fraction of sp³-hybridized carbons (Fsp3) is 0.727. The molecule has 1 aromatic heterocycles. The molecule has 2 N–H and O–H groups in total. The van der Waals surface area contributed by atoms with Gasteiger partial charge in [0.1, 0.15) is 0 Å². The van der Waals surface area contributed by atoms with Crippen molar-refractivity contribution in [3.8, 4) is 0 Å². The Hall–Kier alpha value is -1.43. The molecule has 0 amide bonds. The Balaban J connectivity index is 3.09. The van der Waals surface area contributed by atoms with E-state index in [9.17, 15) is 4.79 Å². The first-order chi connectivity index (χ1) is 8.15. The average molecular weight is 241 g/mol. The third-order valence-corrected chi connectivity index (χ3v) is 2.88. The van der Waals surface area contributed by atoms with Crippen LogP contribution in [-0.2, 0) is 6.54 Å². The number of nitrogens with zero attached hydrogens (tertiary/aromatic N) is 3. The number of aromatic carboxylic acids is 1. The molecule has 1 heterocycles. The van der Waals surface area contributed by atoms with Crippen LogP contribution in [0.4, 0.5) is 0 Å². The van der Waals surface area contributed by atoms with Crippen molar-refractivity contribution < 1.29 is 15.0 Å². The number of aromatic nitrogens is 3. The molecule has 6 nitrogen and oxygen atoms in total. The number of aliphatic hydroxyl groups excluding tert-OH is 1. The zero-order valence-corrected chi connectivity index (χ0v) is 10.3. The van der Waals surface area contributed by atoms with E-state index in [2.05, 4.69) is 10.3 Å². The average Bonchev–Trinajstić information content (AvgIpc) is 2.72. The van der Waals surface area contributed by atoms with Gasteiger partial charge in [0.25, 0.3) is 0 Å². The minimum absolute atomic E-state index is 0.0386. The number of aliphatic hydroxyl groups is 1. The van der Waals surface area contributed by atoms with E-state index in [0.29, 0.717) is 18.7 Å². The summed E-state index contributed by atoms with van der Waals surface area (Å²) in [6.45, 7) is 4.60. The number of hydrogen-bond acceptors (Lipinski definition) is 4. The molecule has 0 aliphatic carbocycles. The minimum atomic E-state index is -1.04. The van der Waals surface area contributed by atoms with Gasteiger partial charge in [-0.05, 0) is 19.3 Å². The Kier molecular flexibility index (Phi) is 5.09. The molecule has 0 unspecified atom stereocenters. The molecule has 0 bridgehead atoms. The maximum absolute atomic E-state index is 11.1. The second-order valence-electron chi connectivity index (χ2n) is 3.94. The third kappa shape index (κ3) is 3.03. The van der Waals surface area contributed by atoms with Crippen LogP contribution < -0.4 is 0 Å². The van der Waals surface area contributed by atoms with Crippen LogP contribution in [-0.4, -0.2) is 37.8 Å². The van der Waals surface area contributed by atoms with Gasteiger partial charge in [0, 0.05) is 19.1 Å². The summed E-state index contributed by atoms with van der Waals surface area (Å²) in [6, 6.07) is 0. The van der Waals surface area contributed by atoms with Crippen LogP contribution in [0.25, 0.3) is 0 Å². The van der Waals surface area contributed by atoms with Crippen molar-refractivity contribution in [2.75, 3.05) is 6.61 Å². The summed E-state index contributed by atoms with van der Waals surface area (Å²) in [5.41, 5.74) is 0.715. The van der Waals surface area contributed by atoms with Crippen LogP contribution in [0.2, 0.25) is 0 Å². The standard InChI is InChI=1S/C11H19N3O3/c1-3-8(4-2)10-9(11(16)17)12-13-14(10)6-5-7-15/h8,15H,3-7H2,1-2H3,(H,16,17). The number of hydrogen-bond donors (Lipinski definition) is 2. The summed E-state index contributed by atoms with van der Waals surface area (Å²) in [5.74, 6) is -0.892. The van der Waals surface area contributed by atoms with Crippen LogP contribution in [0.5, 0.6) is 0 Å². The van der Waals surface area contributed by atoms with Crippen molar-refractivity contribution in [3.63, 3.8) is 0 Å². The number of carboxylic acid groups (broad SMARTS) is 1. The van der Waals surface area contributed by atoms with E-state index in [0.717, 1.165) is 12.8 Å². The highest BCUT2D eigenvalue weighted by atomic mass is 16.4. The molecule has 0 radical (unpaired) electrons. The van der Waals surface area contributed by atoms with Gasteiger partial charge in [-0.1, -0.05) is 19.1 Å². The summed E-state index contributed by atoms with van der Waals surface area (Å²) < 4.78 is 1.61. The van der Waals surface area contributed by atoms with E-state index in [1.807, 2.05) is 13.8 Å². The molecule has 6 heteroatoms. The summed E-state index contributed by atoms with van der Waals surface area (Å²) >= 11 is 0. The topological polar surface area (TPSA) is 88.2 Å². The van der Waals surface area contributed by atoms with E-state index in [-0.39, 0.29) is 18.2 Å². The van der Waals surface area contributed by atoms with Crippen LogP contribution in [0.3, 0.4) is 0 Å². The zero-order valence-electron chi connectivity index (χ0n) is 10.3. The molecule has 0 aliphatic heterocycles. The molecule has 0 fully saturated rings. The molecule has 96 valence electrons. The Morgan fingerprint density at radius 1 is 1.41 bits per heavy atom. The molecular formula is C11H19N3O3. The Bertz CT molecular complexity index is 372. The van der Waals surface area contributed by atoms with Gasteiger partial charge in [-0.25, -0.2) is 9.48 Å². The van der Waals surface area contributed by atoms with Gasteiger partial charge in [0.05, 0.1) is 5.69 Å². The number of aryl methyl sites for hydroxylation is 1. The maximum atomic E-state index is 11.1. The largest absolute Gasteiger partial charge is 0.476 e. The van der Waals surface area contributed by atoms with Crippen molar-refractivity contribution in [3.05, 3.63) is 11.4 Å². The summed E-state index contributed by atoms with van der Waals surface area (Å²) in [7, 11) is 0. The van der Waals surface area contributed by atoms with E-state index < -0.39 is 5.97 Å². The molecule has 0 aromatic carbocycles. The van der Waals surface area contributed by atoms with Gasteiger partial charge >= 0.3 is 5.97 Å². The van der Waals surface area contributed by atoms with Gasteiger partial charge in [-0.15, -0.1) is 5.10 Å². The van der Waals surface area contributed by atoms with Crippen molar-refractivity contribution in [1.82, 2.24) is 15.0 Å². The van der Waals surface area contributed by atoms with E-state index in [4.69, 9.17) is 10.2 Å². The van der Waals surface area contributed by atoms with Gasteiger partial charge in [0.2, 0.25) is 0 Å². The Morgan fingerprint density at radius 3 is 2.53 bits per heavy atom. The number of rotatable bonds is 7. The third-order valence-electron chi connectivity index (χ3n) is 2.88. The first-order valence-electron chi connectivity index (χ1n) is 5.93. The lowest BCUT2D eigenvalue weighted by Crippen LogP contribution is -2.13. The van der Waals surface area contributed by atoms with Crippen LogP contribution >= 0.6 is 0 Å². The van der Waals surface area contributed by atoms with Crippen molar-refractivity contribution >= 4 is 5.97 Å². The lowest BCUT2D eigenvalue weighted by atomic mass is 9.97. The van der Waals surface area contributed by atoms with Gasteiger partial charge < -0.3 is 10.2 Å². The van der Waals surface area contributed by atoms with Crippen molar-refractivity contribution in [1.29, 1.82) is 0 Å². The van der Waals surface area contributed by atoms with Crippen LogP contribution in [0.1, 0.15) is 55.2 Å². The molecule has 0 saturated carbocycles. The lowest BCUT2D eigenvalue weighted by Gasteiger charge is -2.14. The predicted octanol–water partition coefficient (Wildman–Crippen LogP) is 1.26. The van der Waals surface area contributed by atoms with E-state index >= 15 is 0 Å². The SMILES string of the molecule is CCC(CC)c1c(C(=O)O)nnn1CCCO. The quantitative estimate of drug-likeness (QED) is 0.750. The Labute approximate surface area is 100 Å². The maximum Gasteiger partial charge on any atom is 0.358 e. The van der Waals surface area contributed by atoms with Gasteiger partial charge in [-0.3, -0.25) is 0 Å². The monoisotopic (exact) mass is 241 g/mol. The van der Waals surface area contributed by atoms with Crippen LogP contribution in [0.15, 0.2) is 0 Å². The molecular weight excluding hydrogens is 222 g/mol. The summed E-state index contributed by atoms with van der Waals surface area (Å²) in [5, 5.41) is 25.5. The fourth-order valence-electron chi connectivity index (χ4n) is 1.94. The van der Waals surface area contributed by atoms with E-state index in [1.54, 1.807) is 4.68 Å². The molecule has 1 rings (SSSR count). The van der Waals surface area contributed by atoms with Crippen molar-refractivity contribution in [2.45, 2.75) is 45.6 Å². The molecule has 0 atom stereocenters. The van der Waals surface area contributed by atoms with Crippen molar-refractivity contribution in [2.24, 2.45) is 0 Å².